The van der Waals surface area contributed by atoms with Crippen molar-refractivity contribution in [2.45, 2.75) is 20.8 Å². The average molecular weight is 441 g/mol. The molecule has 3 aromatic rings. The fourth-order valence-corrected chi connectivity index (χ4v) is 6.65. The van der Waals surface area contributed by atoms with Crippen molar-refractivity contribution < 1.29 is 22.0 Å². The summed E-state index contributed by atoms with van der Waals surface area (Å²) in [6, 6.07) is 28.2. The lowest BCUT2D eigenvalue weighted by Crippen LogP contribution is -3.00. The van der Waals surface area contributed by atoms with Gasteiger partial charge in [0, 0.05) is 18.4 Å². The standard InChI is InChI=1S/C14H10O2.C12H20P.ClH/c15-13(11-7-3-1-4-8-11)14(16)12-9-5-2-6-10-12;1-4-13(5-2,6-3)12-10-8-7-9-11-12;/h1-10H;7-11H,4-6H2,1-3H3;1H/q;+1;/p-1. The van der Waals surface area contributed by atoms with Gasteiger partial charge < -0.3 is 12.4 Å². The van der Waals surface area contributed by atoms with Crippen LogP contribution in [0.3, 0.4) is 0 Å². The highest BCUT2D eigenvalue weighted by molar-refractivity contribution is 7.82. The fourth-order valence-electron chi connectivity index (χ4n) is 3.40. The van der Waals surface area contributed by atoms with Crippen LogP contribution in [0.2, 0.25) is 0 Å². The van der Waals surface area contributed by atoms with Crippen molar-refractivity contribution >= 4 is 24.1 Å². The van der Waals surface area contributed by atoms with Crippen molar-refractivity contribution in [3.63, 3.8) is 0 Å². The second-order valence-electron chi connectivity index (χ2n) is 6.82. The van der Waals surface area contributed by atoms with E-state index in [0.717, 1.165) is 0 Å². The molecule has 0 unspecified atom stereocenters. The molecule has 3 rings (SSSR count). The molecular weight excluding hydrogens is 411 g/mol. The van der Waals surface area contributed by atoms with Gasteiger partial charge in [-0.2, -0.15) is 0 Å². The van der Waals surface area contributed by atoms with E-state index in [2.05, 4.69) is 51.1 Å². The molecule has 4 heteroatoms. The van der Waals surface area contributed by atoms with Crippen LogP contribution < -0.4 is 17.7 Å². The zero-order chi connectivity index (χ0) is 21.1. The Morgan fingerprint density at radius 2 is 0.867 bits per heavy atom. The number of benzene rings is 3. The van der Waals surface area contributed by atoms with Crippen LogP contribution in [0.25, 0.3) is 0 Å². The summed E-state index contributed by atoms with van der Waals surface area (Å²) in [7, 11) is -0.791. The molecular formula is C26H30ClO2P. The van der Waals surface area contributed by atoms with E-state index in [0.29, 0.717) is 11.1 Å². The maximum Gasteiger partial charge on any atom is 0.233 e. The summed E-state index contributed by atoms with van der Waals surface area (Å²) in [5.74, 6) is -0.932. The maximum atomic E-state index is 11.8. The zero-order valence-corrected chi connectivity index (χ0v) is 19.6. The second kappa shape index (κ2) is 13.1. The Hall–Kier alpha value is -2.28. The van der Waals surface area contributed by atoms with Gasteiger partial charge in [0.2, 0.25) is 11.6 Å². The third kappa shape index (κ3) is 6.62. The van der Waals surface area contributed by atoms with Crippen molar-refractivity contribution in [2.75, 3.05) is 18.5 Å². The minimum atomic E-state index is -0.791. The summed E-state index contributed by atoms with van der Waals surface area (Å²) in [5, 5.41) is 1.61. The summed E-state index contributed by atoms with van der Waals surface area (Å²) < 4.78 is 0. The second-order valence-corrected chi connectivity index (χ2v) is 11.5. The predicted molar refractivity (Wildman–Crippen MR) is 126 cm³/mol. The van der Waals surface area contributed by atoms with Crippen LogP contribution in [0.5, 0.6) is 0 Å². The summed E-state index contributed by atoms with van der Waals surface area (Å²) in [5.41, 5.74) is 0.854. The highest BCUT2D eigenvalue weighted by atomic mass is 35.5. The van der Waals surface area contributed by atoms with Crippen molar-refractivity contribution in [3.8, 4) is 0 Å². The molecule has 0 N–H and O–H groups in total. The number of ketones is 2. The highest BCUT2D eigenvalue weighted by Crippen LogP contribution is 2.56. The lowest BCUT2D eigenvalue weighted by Gasteiger charge is -2.23. The molecule has 0 fully saturated rings. The number of hydrogen-bond acceptors (Lipinski definition) is 2. The number of carbonyl (C=O) groups is 2. The SMILES string of the molecule is CC[P+](CC)(CC)c1ccccc1.O=C(C(=O)c1ccccc1)c1ccccc1.[Cl-]. The molecule has 0 spiro atoms. The maximum absolute atomic E-state index is 11.8. The van der Waals surface area contributed by atoms with Crippen molar-refractivity contribution in [1.29, 1.82) is 0 Å². The Labute approximate surface area is 187 Å². The molecule has 0 aliphatic heterocycles. The van der Waals surface area contributed by atoms with Gasteiger partial charge in [0.1, 0.15) is 0 Å². The molecule has 0 amide bonds. The van der Waals surface area contributed by atoms with E-state index in [1.807, 2.05) is 12.1 Å². The van der Waals surface area contributed by atoms with Gasteiger partial charge in [-0.15, -0.1) is 0 Å². The zero-order valence-electron chi connectivity index (χ0n) is 17.9. The van der Waals surface area contributed by atoms with Crippen molar-refractivity contribution in [2.24, 2.45) is 0 Å². The Morgan fingerprint density at radius 3 is 1.17 bits per heavy atom. The van der Waals surface area contributed by atoms with E-state index < -0.39 is 18.8 Å². The van der Waals surface area contributed by atoms with Crippen LogP contribution in [0.1, 0.15) is 41.5 Å². The molecule has 0 saturated heterocycles. The number of carbonyl (C=O) groups excluding carboxylic acids is 2. The molecule has 0 atom stereocenters. The molecule has 0 aromatic heterocycles. The van der Waals surface area contributed by atoms with Gasteiger partial charge in [-0.25, -0.2) is 0 Å². The van der Waals surface area contributed by atoms with E-state index >= 15 is 0 Å². The first-order valence-corrected chi connectivity index (χ1v) is 12.5. The predicted octanol–water partition coefficient (Wildman–Crippen LogP) is 3.15. The van der Waals surface area contributed by atoms with E-state index in [9.17, 15) is 9.59 Å². The largest absolute Gasteiger partial charge is 1.00 e. The Morgan fingerprint density at radius 1 is 0.567 bits per heavy atom. The molecule has 0 bridgehead atoms. The van der Waals surface area contributed by atoms with Crippen LogP contribution in [-0.2, 0) is 0 Å². The average Bonchev–Trinajstić information content (AvgIpc) is 2.82. The third-order valence-corrected chi connectivity index (χ3v) is 10.4. The molecule has 0 heterocycles. The molecule has 2 nitrogen and oxygen atoms in total. The lowest BCUT2D eigenvalue weighted by molar-refractivity contribution is -0.0000173. The first-order chi connectivity index (χ1) is 14.1. The molecule has 0 saturated carbocycles. The monoisotopic (exact) mass is 440 g/mol. The van der Waals surface area contributed by atoms with Crippen LogP contribution in [0.15, 0.2) is 91.0 Å². The Kier molecular flexibility index (Phi) is 11.3. The molecule has 3 aromatic carbocycles. The number of rotatable bonds is 7. The quantitative estimate of drug-likeness (QED) is 0.321. The highest BCUT2D eigenvalue weighted by Gasteiger charge is 2.33. The van der Waals surface area contributed by atoms with Crippen LogP contribution in [-0.4, -0.2) is 30.1 Å². The van der Waals surface area contributed by atoms with E-state index in [1.165, 1.54) is 18.5 Å². The molecule has 158 valence electrons. The van der Waals surface area contributed by atoms with E-state index in [-0.39, 0.29) is 12.4 Å². The van der Waals surface area contributed by atoms with Crippen molar-refractivity contribution in [3.05, 3.63) is 102 Å². The van der Waals surface area contributed by atoms with Crippen molar-refractivity contribution in [1.82, 2.24) is 0 Å². The van der Waals surface area contributed by atoms with E-state index in [1.54, 1.807) is 53.8 Å². The summed E-state index contributed by atoms with van der Waals surface area (Å²) in [4.78, 5) is 23.6. The van der Waals surface area contributed by atoms with Gasteiger partial charge in [-0.3, -0.25) is 9.59 Å². The van der Waals surface area contributed by atoms with E-state index in [4.69, 9.17) is 0 Å². The smallest absolute Gasteiger partial charge is 0.233 e. The normalized spacial score (nSPS) is 10.2. The van der Waals surface area contributed by atoms with Gasteiger partial charge in [0.15, 0.2) is 0 Å². The number of Topliss-reactive ketones (excluding diaryl/α,β-unsaturated/α-hetero) is 2. The number of halogens is 1. The summed E-state index contributed by atoms with van der Waals surface area (Å²) >= 11 is 0. The van der Waals surface area contributed by atoms with Gasteiger partial charge in [-0.05, 0) is 32.9 Å². The van der Waals surface area contributed by atoms with Gasteiger partial charge in [0.05, 0.1) is 23.8 Å². The first-order valence-electron chi connectivity index (χ1n) is 10.2. The van der Waals surface area contributed by atoms with Crippen LogP contribution >= 0.6 is 7.26 Å². The van der Waals surface area contributed by atoms with Gasteiger partial charge in [-0.1, -0.05) is 78.9 Å². The lowest BCUT2D eigenvalue weighted by atomic mass is 10.0. The topological polar surface area (TPSA) is 34.1 Å². The number of hydrogen-bond donors (Lipinski definition) is 0. The molecule has 0 aliphatic carbocycles. The molecule has 0 aliphatic rings. The molecule has 30 heavy (non-hydrogen) atoms. The summed E-state index contributed by atoms with van der Waals surface area (Å²) in [6.45, 7) is 7.02. The fraction of sp³-hybridized carbons (Fsp3) is 0.231. The van der Waals surface area contributed by atoms with Crippen LogP contribution in [0.4, 0.5) is 0 Å². The van der Waals surface area contributed by atoms with Gasteiger partial charge in [0.25, 0.3) is 0 Å². The Bertz CT molecular complexity index is 834. The Balaban J connectivity index is 0.000000297. The minimum Gasteiger partial charge on any atom is -1.00 e. The minimum absolute atomic E-state index is 0. The van der Waals surface area contributed by atoms with Crippen LogP contribution in [0, 0.1) is 0 Å². The summed E-state index contributed by atoms with van der Waals surface area (Å²) in [6.07, 6.45) is 4.05. The third-order valence-electron chi connectivity index (χ3n) is 5.40. The molecule has 0 radical (unpaired) electrons. The first kappa shape index (κ1) is 25.8. The van der Waals surface area contributed by atoms with Gasteiger partial charge >= 0.3 is 0 Å².